The molecule has 6 heteroatoms. The number of amides is 1. The van der Waals surface area contributed by atoms with Crippen LogP contribution in [0.1, 0.15) is 80.3 Å². The summed E-state index contributed by atoms with van der Waals surface area (Å²) in [7, 11) is 0. The first-order chi connectivity index (χ1) is 13.3. The Kier molecular flexibility index (Phi) is 5.34. The zero-order valence-corrected chi connectivity index (χ0v) is 18.1. The quantitative estimate of drug-likeness (QED) is 0.716. The van der Waals surface area contributed by atoms with Crippen molar-refractivity contribution in [1.82, 2.24) is 10.3 Å². The molecule has 0 aliphatic heterocycles. The molecule has 3 aliphatic carbocycles. The number of aromatic nitrogens is 1. The number of carbonyl (C=O) groups excluding carboxylic acids is 1. The SMILES string of the molecule is Cc1nc2c(s1)C[C@H]1[C@](C)(CO)[C@H](O)CC[C@@]1(C)[C@@H]2CC(=O)NC1CCCC1. The summed E-state index contributed by atoms with van der Waals surface area (Å²) < 4.78 is 0. The molecule has 2 saturated carbocycles. The largest absolute Gasteiger partial charge is 0.396 e. The molecule has 3 N–H and O–H groups in total. The number of nitrogens with zero attached hydrogens (tertiary/aromatic N) is 1. The van der Waals surface area contributed by atoms with Gasteiger partial charge in [0.15, 0.2) is 0 Å². The van der Waals surface area contributed by atoms with E-state index >= 15 is 0 Å². The number of aliphatic hydroxyl groups is 2. The molecule has 28 heavy (non-hydrogen) atoms. The van der Waals surface area contributed by atoms with E-state index in [1.807, 2.05) is 13.8 Å². The lowest BCUT2D eigenvalue weighted by Crippen LogP contribution is -2.57. The number of hydrogen-bond donors (Lipinski definition) is 3. The first-order valence-electron chi connectivity index (χ1n) is 10.8. The molecule has 0 unspecified atom stereocenters. The predicted octanol–water partition coefficient (Wildman–Crippen LogP) is 3.32. The highest BCUT2D eigenvalue weighted by Crippen LogP contribution is 2.62. The minimum atomic E-state index is -0.539. The Bertz CT molecular complexity index is 744. The van der Waals surface area contributed by atoms with Crippen LogP contribution < -0.4 is 5.32 Å². The highest BCUT2D eigenvalue weighted by atomic mass is 32.1. The van der Waals surface area contributed by atoms with E-state index in [9.17, 15) is 15.0 Å². The Morgan fingerprint density at radius 2 is 2.00 bits per heavy atom. The van der Waals surface area contributed by atoms with E-state index in [2.05, 4.69) is 12.2 Å². The van der Waals surface area contributed by atoms with Crippen LogP contribution in [0.3, 0.4) is 0 Å². The molecule has 0 saturated heterocycles. The Morgan fingerprint density at radius 3 is 2.68 bits per heavy atom. The maximum atomic E-state index is 13.0. The summed E-state index contributed by atoms with van der Waals surface area (Å²) in [5, 5.41) is 25.3. The molecule has 5 atom stereocenters. The third kappa shape index (κ3) is 3.21. The Balaban J connectivity index is 1.67. The lowest BCUT2D eigenvalue weighted by atomic mass is 9.47. The number of aryl methyl sites for hydroxylation is 1. The van der Waals surface area contributed by atoms with Crippen LogP contribution in [0.15, 0.2) is 0 Å². The number of rotatable bonds is 4. The van der Waals surface area contributed by atoms with E-state index in [4.69, 9.17) is 4.98 Å². The molecule has 4 rings (SSSR count). The van der Waals surface area contributed by atoms with Crippen molar-refractivity contribution in [3.8, 4) is 0 Å². The van der Waals surface area contributed by atoms with Gasteiger partial charge < -0.3 is 15.5 Å². The molecule has 5 nitrogen and oxygen atoms in total. The first kappa shape index (κ1) is 20.3. The first-order valence-corrected chi connectivity index (χ1v) is 11.6. The van der Waals surface area contributed by atoms with Gasteiger partial charge in [-0.3, -0.25) is 4.79 Å². The minimum Gasteiger partial charge on any atom is -0.396 e. The Morgan fingerprint density at radius 1 is 1.29 bits per heavy atom. The Labute approximate surface area is 172 Å². The van der Waals surface area contributed by atoms with Crippen molar-refractivity contribution in [2.24, 2.45) is 16.7 Å². The highest BCUT2D eigenvalue weighted by molar-refractivity contribution is 7.11. The lowest BCUT2D eigenvalue weighted by Gasteiger charge is -2.58. The maximum Gasteiger partial charge on any atom is 0.220 e. The summed E-state index contributed by atoms with van der Waals surface area (Å²) in [4.78, 5) is 19.1. The fraction of sp³-hybridized carbons (Fsp3) is 0.818. The molecular formula is C22H34N2O3S. The van der Waals surface area contributed by atoms with Crippen LogP contribution >= 0.6 is 11.3 Å². The predicted molar refractivity (Wildman–Crippen MR) is 110 cm³/mol. The van der Waals surface area contributed by atoms with Crippen LogP contribution in [0, 0.1) is 23.7 Å². The summed E-state index contributed by atoms with van der Waals surface area (Å²) in [6.45, 7) is 6.30. The minimum absolute atomic E-state index is 0.0253. The van der Waals surface area contributed by atoms with Crippen LogP contribution in [0.4, 0.5) is 0 Å². The summed E-state index contributed by atoms with van der Waals surface area (Å²) in [6.07, 6.45) is 6.92. The molecule has 0 spiro atoms. The van der Waals surface area contributed by atoms with Crippen LogP contribution in [-0.2, 0) is 11.2 Å². The standard InChI is InChI=1S/C22H34N2O3S/c1-13-23-20-15(10-19(27)24-14-6-4-5-7-14)21(2)9-8-18(26)22(3,12-25)17(21)11-16(20)28-13/h14-15,17-18,25-26H,4-12H2,1-3H3,(H,24,27)/t15-,17-,18-,21+,22+/m1/s1. The molecule has 0 aromatic carbocycles. The van der Waals surface area contributed by atoms with Crippen LogP contribution in [-0.4, -0.2) is 39.9 Å². The second kappa shape index (κ2) is 7.37. The van der Waals surface area contributed by atoms with Crippen LogP contribution in [0.2, 0.25) is 0 Å². The van der Waals surface area contributed by atoms with Gasteiger partial charge in [0.2, 0.25) is 5.91 Å². The number of thiazole rings is 1. The van der Waals surface area contributed by atoms with E-state index in [0.29, 0.717) is 18.9 Å². The summed E-state index contributed by atoms with van der Waals surface area (Å²) in [5.74, 6) is 0.323. The number of carbonyl (C=O) groups is 1. The summed E-state index contributed by atoms with van der Waals surface area (Å²) in [5.41, 5.74) is 0.416. The third-order valence-corrected chi connectivity index (χ3v) is 9.12. The van der Waals surface area contributed by atoms with E-state index < -0.39 is 11.5 Å². The topological polar surface area (TPSA) is 82.5 Å². The van der Waals surface area contributed by atoms with Crippen molar-refractivity contribution < 1.29 is 15.0 Å². The molecule has 2 fully saturated rings. The molecule has 1 aromatic rings. The van der Waals surface area contributed by atoms with E-state index in [-0.39, 0.29) is 29.8 Å². The zero-order valence-electron chi connectivity index (χ0n) is 17.3. The van der Waals surface area contributed by atoms with Gasteiger partial charge in [0.05, 0.1) is 23.4 Å². The molecule has 0 radical (unpaired) electrons. The van der Waals surface area contributed by atoms with Gasteiger partial charge in [-0.05, 0) is 50.4 Å². The van der Waals surface area contributed by atoms with Crippen molar-refractivity contribution in [2.75, 3.05) is 6.61 Å². The van der Waals surface area contributed by atoms with E-state index in [0.717, 1.165) is 36.4 Å². The summed E-state index contributed by atoms with van der Waals surface area (Å²) in [6, 6.07) is 0.326. The lowest BCUT2D eigenvalue weighted by molar-refractivity contribution is -0.144. The fourth-order valence-corrected chi connectivity index (χ4v) is 7.35. The Hall–Kier alpha value is -0.980. The fourth-order valence-electron chi connectivity index (χ4n) is 6.31. The van der Waals surface area contributed by atoms with Crippen molar-refractivity contribution >= 4 is 17.2 Å². The van der Waals surface area contributed by atoms with Gasteiger partial charge in [-0.25, -0.2) is 4.98 Å². The molecular weight excluding hydrogens is 372 g/mol. The van der Waals surface area contributed by atoms with Crippen molar-refractivity contribution in [3.05, 3.63) is 15.6 Å². The van der Waals surface area contributed by atoms with Gasteiger partial charge in [0, 0.05) is 28.7 Å². The van der Waals surface area contributed by atoms with E-state index in [1.165, 1.54) is 17.7 Å². The average molecular weight is 407 g/mol. The average Bonchev–Trinajstić information content (AvgIpc) is 3.29. The molecule has 1 amide bonds. The van der Waals surface area contributed by atoms with Crippen molar-refractivity contribution in [3.63, 3.8) is 0 Å². The van der Waals surface area contributed by atoms with Crippen LogP contribution in [0.25, 0.3) is 0 Å². The normalized spacial score (nSPS) is 38.1. The molecule has 0 bridgehead atoms. The van der Waals surface area contributed by atoms with Gasteiger partial charge in [-0.2, -0.15) is 0 Å². The monoisotopic (exact) mass is 406 g/mol. The molecule has 1 heterocycles. The maximum absolute atomic E-state index is 13.0. The number of fused-ring (bicyclic) bond motifs is 2. The van der Waals surface area contributed by atoms with Crippen molar-refractivity contribution in [2.45, 2.75) is 90.2 Å². The van der Waals surface area contributed by atoms with Crippen LogP contribution in [0.5, 0.6) is 0 Å². The second-order valence-corrected chi connectivity index (χ2v) is 11.1. The van der Waals surface area contributed by atoms with Crippen molar-refractivity contribution in [1.29, 1.82) is 0 Å². The van der Waals surface area contributed by atoms with Gasteiger partial charge in [-0.15, -0.1) is 11.3 Å². The number of nitrogens with one attached hydrogen (secondary N) is 1. The van der Waals surface area contributed by atoms with Gasteiger partial charge in [0.1, 0.15) is 0 Å². The van der Waals surface area contributed by atoms with Gasteiger partial charge in [-0.1, -0.05) is 26.7 Å². The zero-order chi connectivity index (χ0) is 20.1. The second-order valence-electron chi connectivity index (χ2n) is 9.83. The highest BCUT2D eigenvalue weighted by Gasteiger charge is 2.59. The smallest absolute Gasteiger partial charge is 0.220 e. The number of hydrogen-bond acceptors (Lipinski definition) is 5. The van der Waals surface area contributed by atoms with Gasteiger partial charge in [0.25, 0.3) is 0 Å². The molecule has 3 aliphatic rings. The van der Waals surface area contributed by atoms with Gasteiger partial charge >= 0.3 is 0 Å². The molecule has 1 aromatic heterocycles. The molecule has 156 valence electrons. The summed E-state index contributed by atoms with van der Waals surface area (Å²) >= 11 is 1.71. The third-order valence-electron chi connectivity index (χ3n) is 8.11. The number of aliphatic hydroxyl groups excluding tert-OH is 2. The van der Waals surface area contributed by atoms with E-state index in [1.54, 1.807) is 11.3 Å².